The van der Waals surface area contributed by atoms with Crippen LogP contribution in [-0.4, -0.2) is 12.5 Å². The van der Waals surface area contributed by atoms with Crippen molar-refractivity contribution in [3.8, 4) is 5.75 Å². The molecule has 1 amide bonds. The summed E-state index contributed by atoms with van der Waals surface area (Å²) >= 11 is 0. The average molecular weight is 288 g/mol. The lowest BCUT2D eigenvalue weighted by molar-refractivity contribution is -0.118. The molecule has 0 saturated heterocycles. The normalized spacial score (nSPS) is 10.2. The number of para-hydroxylation sites is 1. The minimum atomic E-state index is -0.479. The van der Waals surface area contributed by atoms with Gasteiger partial charge >= 0.3 is 0 Å². The maximum atomic E-state index is 13.4. The number of nitrogens with two attached hydrogens (primary N) is 1. The van der Waals surface area contributed by atoms with E-state index in [1.165, 1.54) is 12.1 Å². The molecule has 0 aromatic heterocycles. The molecule has 4 nitrogen and oxygen atoms in total. The standard InChI is InChI=1S/C16H17FN2O2/c1-11-6-7-12(9-18)8-15(11)21-10-16(20)19-14-5-3-2-4-13(14)17/h2-8H,9-10,18H2,1H3,(H,19,20). The van der Waals surface area contributed by atoms with Crippen LogP contribution in [0.15, 0.2) is 42.5 Å². The van der Waals surface area contributed by atoms with E-state index in [4.69, 9.17) is 10.5 Å². The predicted octanol–water partition coefficient (Wildman–Crippen LogP) is 2.61. The Morgan fingerprint density at radius 3 is 2.76 bits per heavy atom. The highest BCUT2D eigenvalue weighted by molar-refractivity contribution is 5.91. The second kappa shape index (κ2) is 6.85. The third-order valence-corrected chi connectivity index (χ3v) is 2.99. The van der Waals surface area contributed by atoms with Crippen molar-refractivity contribution in [2.45, 2.75) is 13.5 Å². The Morgan fingerprint density at radius 1 is 1.29 bits per heavy atom. The monoisotopic (exact) mass is 288 g/mol. The van der Waals surface area contributed by atoms with Crippen molar-refractivity contribution in [1.82, 2.24) is 0 Å². The Balaban J connectivity index is 1.97. The highest BCUT2D eigenvalue weighted by Gasteiger charge is 2.08. The molecule has 0 fully saturated rings. The van der Waals surface area contributed by atoms with Gasteiger partial charge in [-0.25, -0.2) is 4.39 Å². The van der Waals surface area contributed by atoms with Crippen LogP contribution in [0.25, 0.3) is 0 Å². The minimum Gasteiger partial charge on any atom is -0.483 e. The number of halogens is 1. The third-order valence-electron chi connectivity index (χ3n) is 2.99. The van der Waals surface area contributed by atoms with Crippen molar-refractivity contribution in [1.29, 1.82) is 0 Å². The summed E-state index contributed by atoms with van der Waals surface area (Å²) in [5, 5.41) is 2.46. The second-order valence-electron chi connectivity index (χ2n) is 4.62. The average Bonchev–Trinajstić information content (AvgIpc) is 2.49. The van der Waals surface area contributed by atoms with Crippen LogP contribution in [0.1, 0.15) is 11.1 Å². The molecule has 0 aliphatic carbocycles. The quantitative estimate of drug-likeness (QED) is 0.889. The smallest absolute Gasteiger partial charge is 0.262 e. The van der Waals surface area contributed by atoms with Gasteiger partial charge in [0.25, 0.3) is 5.91 Å². The number of hydrogen-bond donors (Lipinski definition) is 2. The summed E-state index contributed by atoms with van der Waals surface area (Å²) in [7, 11) is 0. The molecule has 0 atom stereocenters. The van der Waals surface area contributed by atoms with Crippen LogP contribution in [-0.2, 0) is 11.3 Å². The van der Waals surface area contributed by atoms with Crippen LogP contribution in [0.4, 0.5) is 10.1 Å². The molecule has 110 valence electrons. The number of carbonyl (C=O) groups is 1. The maximum Gasteiger partial charge on any atom is 0.262 e. The lowest BCUT2D eigenvalue weighted by atomic mass is 10.1. The number of benzene rings is 2. The molecule has 0 bridgehead atoms. The number of anilines is 1. The van der Waals surface area contributed by atoms with E-state index in [2.05, 4.69) is 5.32 Å². The van der Waals surface area contributed by atoms with Crippen molar-refractivity contribution >= 4 is 11.6 Å². The zero-order valence-corrected chi connectivity index (χ0v) is 11.7. The Labute approximate surface area is 122 Å². The van der Waals surface area contributed by atoms with Gasteiger partial charge in [0.05, 0.1) is 5.69 Å². The molecule has 0 radical (unpaired) electrons. The molecule has 0 unspecified atom stereocenters. The topological polar surface area (TPSA) is 64.3 Å². The number of hydrogen-bond acceptors (Lipinski definition) is 3. The molecule has 5 heteroatoms. The zero-order valence-electron chi connectivity index (χ0n) is 11.7. The summed E-state index contributed by atoms with van der Waals surface area (Å²) in [5.74, 6) is -0.300. The van der Waals surface area contributed by atoms with Gasteiger partial charge in [-0.1, -0.05) is 24.3 Å². The fourth-order valence-electron chi connectivity index (χ4n) is 1.82. The van der Waals surface area contributed by atoms with Crippen LogP contribution < -0.4 is 15.8 Å². The molecule has 0 aliphatic rings. The molecule has 0 heterocycles. The molecule has 0 saturated carbocycles. The van der Waals surface area contributed by atoms with E-state index < -0.39 is 11.7 Å². The lowest BCUT2D eigenvalue weighted by Crippen LogP contribution is -2.21. The zero-order chi connectivity index (χ0) is 15.2. The first kappa shape index (κ1) is 15.0. The van der Waals surface area contributed by atoms with Gasteiger partial charge in [0.2, 0.25) is 0 Å². The Kier molecular flexibility index (Phi) is 4.90. The van der Waals surface area contributed by atoms with E-state index in [1.54, 1.807) is 18.2 Å². The summed E-state index contributed by atoms with van der Waals surface area (Å²) in [5.41, 5.74) is 7.53. The molecule has 2 aromatic carbocycles. The van der Waals surface area contributed by atoms with Gasteiger partial charge in [0.1, 0.15) is 11.6 Å². The summed E-state index contributed by atoms with van der Waals surface area (Å²) in [6.07, 6.45) is 0. The van der Waals surface area contributed by atoms with E-state index in [0.717, 1.165) is 11.1 Å². The summed E-state index contributed by atoms with van der Waals surface area (Å²) in [4.78, 5) is 11.8. The maximum absolute atomic E-state index is 13.4. The van der Waals surface area contributed by atoms with Gasteiger partial charge < -0.3 is 15.8 Å². The fourth-order valence-corrected chi connectivity index (χ4v) is 1.82. The van der Waals surface area contributed by atoms with Crippen LogP contribution in [0.3, 0.4) is 0 Å². The van der Waals surface area contributed by atoms with Crippen molar-refractivity contribution in [3.63, 3.8) is 0 Å². The summed E-state index contributed by atoms with van der Waals surface area (Å²) < 4.78 is 18.9. The molecular weight excluding hydrogens is 271 g/mol. The van der Waals surface area contributed by atoms with Gasteiger partial charge in [-0.2, -0.15) is 0 Å². The Morgan fingerprint density at radius 2 is 2.05 bits per heavy atom. The summed E-state index contributed by atoms with van der Waals surface area (Å²) in [6.45, 7) is 2.09. The third kappa shape index (κ3) is 4.03. The molecule has 21 heavy (non-hydrogen) atoms. The molecule has 2 aromatic rings. The number of amides is 1. The SMILES string of the molecule is Cc1ccc(CN)cc1OCC(=O)Nc1ccccc1F. The van der Waals surface area contributed by atoms with Gasteiger partial charge in [0.15, 0.2) is 6.61 Å². The highest BCUT2D eigenvalue weighted by Crippen LogP contribution is 2.19. The van der Waals surface area contributed by atoms with Gasteiger partial charge in [-0.15, -0.1) is 0 Å². The molecule has 2 rings (SSSR count). The number of nitrogens with one attached hydrogen (secondary N) is 1. The Bertz CT molecular complexity index is 644. The van der Waals surface area contributed by atoms with Crippen molar-refractivity contribution < 1.29 is 13.9 Å². The van der Waals surface area contributed by atoms with Crippen LogP contribution in [0, 0.1) is 12.7 Å². The number of carbonyl (C=O) groups excluding carboxylic acids is 1. The van der Waals surface area contributed by atoms with Crippen LogP contribution >= 0.6 is 0 Å². The second-order valence-corrected chi connectivity index (χ2v) is 4.62. The number of ether oxygens (including phenoxy) is 1. The van der Waals surface area contributed by atoms with Gasteiger partial charge in [-0.3, -0.25) is 4.79 Å². The lowest BCUT2D eigenvalue weighted by Gasteiger charge is -2.11. The van der Waals surface area contributed by atoms with Gasteiger partial charge in [-0.05, 0) is 36.2 Å². The number of rotatable bonds is 5. The van der Waals surface area contributed by atoms with E-state index in [1.807, 2.05) is 19.1 Å². The first-order valence-corrected chi connectivity index (χ1v) is 6.57. The van der Waals surface area contributed by atoms with E-state index in [-0.39, 0.29) is 12.3 Å². The largest absolute Gasteiger partial charge is 0.483 e. The Hall–Kier alpha value is -2.40. The van der Waals surface area contributed by atoms with E-state index in [9.17, 15) is 9.18 Å². The predicted molar refractivity (Wildman–Crippen MR) is 79.6 cm³/mol. The van der Waals surface area contributed by atoms with E-state index >= 15 is 0 Å². The number of aryl methyl sites for hydroxylation is 1. The molecular formula is C16H17FN2O2. The van der Waals surface area contributed by atoms with Crippen molar-refractivity contribution in [2.24, 2.45) is 5.73 Å². The molecule has 0 spiro atoms. The van der Waals surface area contributed by atoms with Crippen LogP contribution in [0.2, 0.25) is 0 Å². The van der Waals surface area contributed by atoms with Gasteiger partial charge in [0, 0.05) is 6.54 Å². The highest BCUT2D eigenvalue weighted by atomic mass is 19.1. The fraction of sp³-hybridized carbons (Fsp3) is 0.188. The first-order chi connectivity index (χ1) is 10.1. The summed E-state index contributed by atoms with van der Waals surface area (Å²) in [6, 6.07) is 11.6. The van der Waals surface area contributed by atoms with Crippen molar-refractivity contribution in [2.75, 3.05) is 11.9 Å². The first-order valence-electron chi connectivity index (χ1n) is 6.57. The van der Waals surface area contributed by atoms with E-state index in [0.29, 0.717) is 12.3 Å². The van der Waals surface area contributed by atoms with Crippen molar-refractivity contribution in [3.05, 3.63) is 59.4 Å². The minimum absolute atomic E-state index is 0.138. The molecule has 0 aliphatic heterocycles. The van der Waals surface area contributed by atoms with Crippen LogP contribution in [0.5, 0.6) is 5.75 Å². The molecule has 3 N–H and O–H groups in total.